The van der Waals surface area contributed by atoms with Crippen molar-refractivity contribution in [3.63, 3.8) is 0 Å². The third-order valence-electron chi connectivity index (χ3n) is 4.14. The lowest BCUT2D eigenvalue weighted by molar-refractivity contribution is -0.121. The number of amides is 3. The Balaban J connectivity index is 1.33. The molecule has 0 aromatic carbocycles. The Hall–Kier alpha value is -2.23. The van der Waals surface area contributed by atoms with Crippen LogP contribution < -0.4 is 10.6 Å². The molecule has 0 spiro atoms. The Morgan fingerprint density at radius 3 is 2.69 bits per heavy atom. The van der Waals surface area contributed by atoms with Crippen molar-refractivity contribution in [2.24, 2.45) is 0 Å². The van der Waals surface area contributed by atoms with E-state index in [0.717, 1.165) is 49.1 Å². The normalized spacial score (nSPS) is 15.7. The van der Waals surface area contributed by atoms with E-state index in [1.165, 1.54) is 0 Å². The highest BCUT2D eigenvalue weighted by molar-refractivity contribution is 7.09. The van der Waals surface area contributed by atoms with Crippen molar-refractivity contribution in [2.45, 2.75) is 20.0 Å². The molecule has 0 radical (unpaired) electrons. The first-order chi connectivity index (χ1) is 12.6. The van der Waals surface area contributed by atoms with Crippen molar-refractivity contribution in [1.82, 2.24) is 25.6 Å². The molecule has 1 aliphatic rings. The monoisotopic (exact) mass is 377 g/mol. The van der Waals surface area contributed by atoms with Gasteiger partial charge in [-0.2, -0.15) is 0 Å². The minimum Gasteiger partial charge on any atom is -0.360 e. The van der Waals surface area contributed by atoms with Crippen LogP contribution in [0, 0.1) is 6.92 Å². The Bertz CT molecular complexity index is 723. The van der Waals surface area contributed by atoms with Crippen LogP contribution in [0.2, 0.25) is 0 Å². The first kappa shape index (κ1) is 18.6. The highest BCUT2D eigenvalue weighted by atomic mass is 32.1. The number of rotatable bonds is 6. The smallest absolute Gasteiger partial charge is 0.321 e. The van der Waals surface area contributed by atoms with Gasteiger partial charge in [0.1, 0.15) is 0 Å². The van der Waals surface area contributed by atoms with E-state index in [-0.39, 0.29) is 12.5 Å². The molecule has 8 nitrogen and oxygen atoms in total. The van der Waals surface area contributed by atoms with Crippen LogP contribution in [0.15, 0.2) is 28.1 Å². The summed E-state index contributed by atoms with van der Waals surface area (Å²) in [5.41, 5.74) is 0.882. The van der Waals surface area contributed by atoms with Gasteiger partial charge < -0.3 is 9.84 Å². The van der Waals surface area contributed by atoms with Crippen molar-refractivity contribution in [3.05, 3.63) is 39.9 Å². The van der Waals surface area contributed by atoms with E-state index in [1.807, 2.05) is 35.4 Å². The van der Waals surface area contributed by atoms with E-state index in [0.29, 0.717) is 6.54 Å². The molecule has 0 atom stereocenters. The maximum absolute atomic E-state index is 12.0. The number of nitrogens with zero attached hydrogens (tertiary/aromatic N) is 3. The van der Waals surface area contributed by atoms with E-state index in [1.54, 1.807) is 11.3 Å². The van der Waals surface area contributed by atoms with Gasteiger partial charge in [0.2, 0.25) is 5.91 Å². The first-order valence-electron chi connectivity index (χ1n) is 8.55. The van der Waals surface area contributed by atoms with Gasteiger partial charge in [0.15, 0.2) is 5.76 Å². The lowest BCUT2D eigenvalue weighted by atomic mass is 10.3. The minimum atomic E-state index is -0.456. The van der Waals surface area contributed by atoms with Gasteiger partial charge >= 0.3 is 6.03 Å². The molecule has 1 aliphatic heterocycles. The number of carbonyl (C=O) groups excluding carboxylic acids is 2. The Morgan fingerprint density at radius 2 is 2.04 bits per heavy atom. The molecular formula is C17H23N5O3S. The molecule has 9 heteroatoms. The molecule has 2 aromatic rings. The lowest BCUT2D eigenvalue weighted by Crippen LogP contribution is -2.50. The molecule has 0 unspecified atom stereocenters. The number of thiophene rings is 1. The number of piperazine rings is 1. The van der Waals surface area contributed by atoms with Crippen LogP contribution in [-0.2, 0) is 17.9 Å². The number of hydrogen-bond acceptors (Lipinski definition) is 7. The molecule has 140 valence electrons. The molecule has 26 heavy (non-hydrogen) atoms. The lowest BCUT2D eigenvalue weighted by Gasteiger charge is -2.33. The largest absolute Gasteiger partial charge is 0.360 e. The van der Waals surface area contributed by atoms with Gasteiger partial charge in [-0.05, 0) is 18.4 Å². The number of carbonyl (C=O) groups is 2. The SMILES string of the molecule is Cc1cc(CN2CCN(CC(=O)NC(=O)NCc3cccs3)CC2)on1. The second-order valence-electron chi connectivity index (χ2n) is 6.30. The first-order valence-corrected chi connectivity index (χ1v) is 9.43. The predicted molar refractivity (Wildman–Crippen MR) is 97.7 cm³/mol. The standard InChI is InChI=1S/C17H23N5O3S/c1-13-9-14(25-20-13)11-21-4-6-22(7-5-21)12-16(23)19-17(24)18-10-15-3-2-8-26-15/h2-3,8-9H,4-7,10-12H2,1H3,(H2,18,19,23,24). The van der Waals surface area contributed by atoms with E-state index < -0.39 is 6.03 Å². The van der Waals surface area contributed by atoms with Gasteiger partial charge in [-0.1, -0.05) is 11.2 Å². The van der Waals surface area contributed by atoms with Crippen molar-refractivity contribution < 1.29 is 14.1 Å². The maximum Gasteiger partial charge on any atom is 0.321 e. The number of aryl methyl sites for hydroxylation is 1. The second kappa shape index (κ2) is 8.93. The molecular weight excluding hydrogens is 354 g/mol. The molecule has 0 saturated carbocycles. The van der Waals surface area contributed by atoms with Crippen LogP contribution >= 0.6 is 11.3 Å². The van der Waals surface area contributed by atoms with Crippen LogP contribution in [0.4, 0.5) is 4.79 Å². The van der Waals surface area contributed by atoms with E-state index in [4.69, 9.17) is 4.52 Å². The Labute approximate surface area is 156 Å². The fraction of sp³-hybridized carbons (Fsp3) is 0.471. The molecule has 0 aliphatic carbocycles. The van der Waals surface area contributed by atoms with Crippen molar-refractivity contribution in [1.29, 1.82) is 0 Å². The quantitative estimate of drug-likeness (QED) is 0.786. The summed E-state index contributed by atoms with van der Waals surface area (Å²) < 4.78 is 5.24. The summed E-state index contributed by atoms with van der Waals surface area (Å²) in [5, 5.41) is 10.9. The zero-order chi connectivity index (χ0) is 18.4. The summed E-state index contributed by atoms with van der Waals surface area (Å²) in [4.78, 5) is 29.1. The predicted octanol–water partition coefficient (Wildman–Crippen LogP) is 1.19. The maximum atomic E-state index is 12.0. The zero-order valence-electron chi connectivity index (χ0n) is 14.7. The summed E-state index contributed by atoms with van der Waals surface area (Å²) in [5.74, 6) is 0.573. The van der Waals surface area contributed by atoms with Crippen LogP contribution in [0.1, 0.15) is 16.3 Å². The topological polar surface area (TPSA) is 90.7 Å². The molecule has 2 N–H and O–H groups in total. The average Bonchev–Trinajstić information content (AvgIpc) is 3.26. The Morgan fingerprint density at radius 1 is 1.27 bits per heavy atom. The minimum absolute atomic E-state index is 0.224. The molecule has 1 saturated heterocycles. The number of nitrogens with one attached hydrogen (secondary N) is 2. The van der Waals surface area contributed by atoms with Gasteiger partial charge in [-0.3, -0.25) is 19.9 Å². The number of aromatic nitrogens is 1. The van der Waals surface area contributed by atoms with Gasteiger partial charge in [0.25, 0.3) is 0 Å². The molecule has 2 aromatic heterocycles. The van der Waals surface area contributed by atoms with Crippen LogP contribution in [-0.4, -0.2) is 59.6 Å². The second-order valence-corrected chi connectivity index (χ2v) is 7.33. The van der Waals surface area contributed by atoms with Gasteiger partial charge in [0, 0.05) is 37.1 Å². The number of hydrogen-bond donors (Lipinski definition) is 2. The van der Waals surface area contributed by atoms with Crippen LogP contribution in [0.25, 0.3) is 0 Å². The summed E-state index contributed by atoms with van der Waals surface area (Å²) in [6.07, 6.45) is 0. The van der Waals surface area contributed by atoms with Crippen molar-refractivity contribution >= 4 is 23.3 Å². The van der Waals surface area contributed by atoms with E-state index >= 15 is 0 Å². The molecule has 3 amide bonds. The summed E-state index contributed by atoms with van der Waals surface area (Å²) in [6, 6.07) is 5.34. The molecule has 3 rings (SSSR count). The number of imide groups is 1. The highest BCUT2D eigenvalue weighted by Crippen LogP contribution is 2.09. The summed E-state index contributed by atoms with van der Waals surface area (Å²) in [6.45, 7) is 6.52. The zero-order valence-corrected chi connectivity index (χ0v) is 15.6. The third kappa shape index (κ3) is 5.65. The summed E-state index contributed by atoms with van der Waals surface area (Å²) >= 11 is 1.56. The fourth-order valence-corrected chi connectivity index (χ4v) is 3.46. The third-order valence-corrected chi connectivity index (χ3v) is 5.02. The summed E-state index contributed by atoms with van der Waals surface area (Å²) in [7, 11) is 0. The van der Waals surface area contributed by atoms with Gasteiger partial charge in [0.05, 0.1) is 25.3 Å². The molecule has 1 fully saturated rings. The van der Waals surface area contributed by atoms with Gasteiger partial charge in [-0.25, -0.2) is 4.79 Å². The van der Waals surface area contributed by atoms with E-state index in [2.05, 4.69) is 20.7 Å². The fourth-order valence-electron chi connectivity index (χ4n) is 2.81. The van der Waals surface area contributed by atoms with Crippen LogP contribution in [0.3, 0.4) is 0 Å². The van der Waals surface area contributed by atoms with Crippen molar-refractivity contribution in [2.75, 3.05) is 32.7 Å². The van der Waals surface area contributed by atoms with E-state index in [9.17, 15) is 9.59 Å². The average molecular weight is 377 g/mol. The van der Waals surface area contributed by atoms with Crippen molar-refractivity contribution in [3.8, 4) is 0 Å². The van der Waals surface area contributed by atoms with Crippen LogP contribution in [0.5, 0.6) is 0 Å². The highest BCUT2D eigenvalue weighted by Gasteiger charge is 2.20. The molecule has 0 bridgehead atoms. The molecule has 3 heterocycles. The Kier molecular flexibility index (Phi) is 6.37. The number of urea groups is 1. The van der Waals surface area contributed by atoms with Gasteiger partial charge in [-0.15, -0.1) is 11.3 Å².